The van der Waals surface area contributed by atoms with Gasteiger partial charge in [-0.1, -0.05) is 5.16 Å². The highest BCUT2D eigenvalue weighted by molar-refractivity contribution is 5.25. The number of nitrogens with two attached hydrogens (primary N) is 1. The molecule has 2 N–H and O–H groups in total. The normalized spacial score (nSPS) is 22.4. The molecule has 3 rings (SSSR count). The predicted octanol–water partition coefficient (Wildman–Crippen LogP) is 0.654. The number of fused-ring (bicyclic) bond motifs is 1. The molecule has 0 saturated heterocycles. The van der Waals surface area contributed by atoms with Crippen LogP contribution in [0, 0.1) is 0 Å². The van der Waals surface area contributed by atoms with Gasteiger partial charge in [-0.3, -0.25) is 4.90 Å². The Morgan fingerprint density at radius 2 is 2.36 bits per heavy atom. The highest BCUT2D eigenvalue weighted by Gasteiger charge is 2.33. The second-order valence-electron chi connectivity index (χ2n) is 4.19. The lowest BCUT2D eigenvalue weighted by molar-refractivity contribution is 0.227. The Hall–Kier alpha value is -0.870. The SMILES string of the molecule is NCc1noc2c1CN(C1CC1)CC2. The van der Waals surface area contributed by atoms with Gasteiger partial charge in [0.2, 0.25) is 0 Å². The van der Waals surface area contributed by atoms with Gasteiger partial charge in [0.1, 0.15) is 11.5 Å². The van der Waals surface area contributed by atoms with Gasteiger partial charge in [0.25, 0.3) is 0 Å². The van der Waals surface area contributed by atoms with Crippen molar-refractivity contribution in [3.05, 3.63) is 17.0 Å². The number of hydrogen-bond donors (Lipinski definition) is 1. The highest BCUT2D eigenvalue weighted by atomic mass is 16.5. The van der Waals surface area contributed by atoms with E-state index < -0.39 is 0 Å². The Labute approximate surface area is 83.0 Å². The Kier molecular flexibility index (Phi) is 1.85. The second kappa shape index (κ2) is 3.07. The fraction of sp³-hybridized carbons (Fsp3) is 0.700. The average Bonchev–Trinajstić information content (AvgIpc) is 2.98. The third-order valence-corrected chi connectivity index (χ3v) is 3.19. The van der Waals surface area contributed by atoms with Crippen LogP contribution in [0.5, 0.6) is 0 Å². The van der Waals surface area contributed by atoms with E-state index in [0.29, 0.717) is 6.54 Å². The van der Waals surface area contributed by atoms with Crippen LogP contribution in [0.4, 0.5) is 0 Å². The standard InChI is InChI=1S/C10H15N3O/c11-5-9-8-6-13(7-1-2-7)4-3-10(8)14-12-9/h7H,1-6,11H2. The van der Waals surface area contributed by atoms with Crippen LogP contribution in [0.25, 0.3) is 0 Å². The van der Waals surface area contributed by atoms with Crippen molar-refractivity contribution in [2.24, 2.45) is 5.73 Å². The molecule has 0 unspecified atom stereocenters. The summed E-state index contributed by atoms with van der Waals surface area (Å²) in [6, 6.07) is 0.823. The van der Waals surface area contributed by atoms with Crippen molar-refractivity contribution < 1.29 is 4.52 Å². The molecule has 1 saturated carbocycles. The van der Waals surface area contributed by atoms with E-state index in [9.17, 15) is 0 Å². The third kappa shape index (κ3) is 1.26. The van der Waals surface area contributed by atoms with Gasteiger partial charge in [-0.15, -0.1) is 0 Å². The number of nitrogens with zero attached hydrogens (tertiary/aromatic N) is 2. The molecular formula is C10H15N3O. The van der Waals surface area contributed by atoms with E-state index in [2.05, 4.69) is 10.1 Å². The molecule has 0 atom stereocenters. The van der Waals surface area contributed by atoms with E-state index in [-0.39, 0.29) is 0 Å². The summed E-state index contributed by atoms with van der Waals surface area (Å²) in [6.07, 6.45) is 3.72. The van der Waals surface area contributed by atoms with Crippen LogP contribution in [0.15, 0.2) is 4.52 Å². The van der Waals surface area contributed by atoms with E-state index in [1.165, 1.54) is 18.4 Å². The molecular weight excluding hydrogens is 178 g/mol. The molecule has 0 bridgehead atoms. The van der Waals surface area contributed by atoms with E-state index in [1.54, 1.807) is 0 Å². The predicted molar refractivity (Wildman–Crippen MR) is 51.5 cm³/mol. The summed E-state index contributed by atoms with van der Waals surface area (Å²) < 4.78 is 5.27. The monoisotopic (exact) mass is 193 g/mol. The molecule has 1 aliphatic carbocycles. The largest absolute Gasteiger partial charge is 0.361 e. The molecule has 1 aliphatic heterocycles. The maximum absolute atomic E-state index is 5.61. The average molecular weight is 193 g/mol. The minimum Gasteiger partial charge on any atom is -0.361 e. The summed E-state index contributed by atoms with van der Waals surface area (Å²) in [7, 11) is 0. The Morgan fingerprint density at radius 3 is 3.07 bits per heavy atom. The topological polar surface area (TPSA) is 55.3 Å². The van der Waals surface area contributed by atoms with Crippen molar-refractivity contribution in [3.8, 4) is 0 Å². The molecule has 4 heteroatoms. The van der Waals surface area contributed by atoms with E-state index in [1.807, 2.05) is 0 Å². The Bertz CT molecular complexity index is 330. The summed E-state index contributed by atoms with van der Waals surface area (Å²) in [4.78, 5) is 2.53. The molecule has 0 amide bonds. The zero-order chi connectivity index (χ0) is 9.54. The molecule has 2 heterocycles. The molecule has 1 aromatic rings. The highest BCUT2D eigenvalue weighted by Crippen LogP contribution is 2.32. The van der Waals surface area contributed by atoms with E-state index in [0.717, 1.165) is 37.0 Å². The van der Waals surface area contributed by atoms with Crippen molar-refractivity contribution in [3.63, 3.8) is 0 Å². The molecule has 1 fully saturated rings. The van der Waals surface area contributed by atoms with Crippen LogP contribution in [0.3, 0.4) is 0 Å². The van der Waals surface area contributed by atoms with Crippen molar-refractivity contribution in [1.82, 2.24) is 10.1 Å². The quantitative estimate of drug-likeness (QED) is 0.749. The first-order chi connectivity index (χ1) is 6.88. The third-order valence-electron chi connectivity index (χ3n) is 3.19. The molecule has 0 spiro atoms. The van der Waals surface area contributed by atoms with E-state index in [4.69, 9.17) is 10.3 Å². The number of hydrogen-bond acceptors (Lipinski definition) is 4. The zero-order valence-electron chi connectivity index (χ0n) is 8.20. The van der Waals surface area contributed by atoms with Gasteiger partial charge in [-0.2, -0.15) is 0 Å². The summed E-state index contributed by atoms with van der Waals surface area (Å²) in [5.41, 5.74) is 7.82. The van der Waals surface area contributed by atoms with Crippen molar-refractivity contribution in [2.75, 3.05) is 6.54 Å². The van der Waals surface area contributed by atoms with Gasteiger partial charge >= 0.3 is 0 Å². The van der Waals surface area contributed by atoms with Crippen LogP contribution in [0.1, 0.15) is 29.9 Å². The summed E-state index contributed by atoms with van der Waals surface area (Å²) >= 11 is 0. The smallest absolute Gasteiger partial charge is 0.142 e. The number of aromatic nitrogens is 1. The minimum absolute atomic E-state index is 0.497. The second-order valence-corrected chi connectivity index (χ2v) is 4.19. The molecule has 0 aromatic carbocycles. The first kappa shape index (κ1) is 8.44. The number of rotatable bonds is 2. The van der Waals surface area contributed by atoms with Gasteiger partial charge in [0, 0.05) is 37.7 Å². The fourth-order valence-corrected chi connectivity index (χ4v) is 2.20. The lowest BCUT2D eigenvalue weighted by Gasteiger charge is -2.25. The first-order valence-corrected chi connectivity index (χ1v) is 5.29. The Morgan fingerprint density at radius 1 is 1.50 bits per heavy atom. The lowest BCUT2D eigenvalue weighted by Crippen LogP contribution is -2.32. The molecule has 2 aliphatic rings. The van der Waals surface area contributed by atoms with Gasteiger partial charge in [0.05, 0.1) is 0 Å². The minimum atomic E-state index is 0.497. The van der Waals surface area contributed by atoms with Gasteiger partial charge in [0.15, 0.2) is 0 Å². The van der Waals surface area contributed by atoms with Crippen LogP contribution < -0.4 is 5.73 Å². The van der Waals surface area contributed by atoms with Crippen molar-refractivity contribution >= 4 is 0 Å². The first-order valence-electron chi connectivity index (χ1n) is 5.29. The van der Waals surface area contributed by atoms with Crippen LogP contribution >= 0.6 is 0 Å². The molecule has 14 heavy (non-hydrogen) atoms. The molecule has 0 radical (unpaired) electrons. The molecule has 1 aromatic heterocycles. The summed E-state index contributed by atoms with van der Waals surface area (Å²) in [5.74, 6) is 1.06. The fourth-order valence-electron chi connectivity index (χ4n) is 2.20. The van der Waals surface area contributed by atoms with Crippen molar-refractivity contribution in [1.29, 1.82) is 0 Å². The maximum Gasteiger partial charge on any atom is 0.142 e. The zero-order valence-corrected chi connectivity index (χ0v) is 8.20. The summed E-state index contributed by atoms with van der Waals surface area (Å²) in [6.45, 7) is 2.62. The Balaban J connectivity index is 1.86. The maximum atomic E-state index is 5.61. The van der Waals surface area contributed by atoms with Crippen LogP contribution in [-0.4, -0.2) is 22.6 Å². The van der Waals surface area contributed by atoms with Crippen LogP contribution in [-0.2, 0) is 19.5 Å². The van der Waals surface area contributed by atoms with Gasteiger partial charge in [-0.05, 0) is 12.8 Å². The molecule has 4 nitrogen and oxygen atoms in total. The van der Waals surface area contributed by atoms with Gasteiger partial charge in [-0.25, -0.2) is 0 Å². The van der Waals surface area contributed by atoms with Crippen LogP contribution in [0.2, 0.25) is 0 Å². The molecule has 76 valence electrons. The summed E-state index contributed by atoms with van der Waals surface area (Å²) in [5, 5.41) is 4.00. The van der Waals surface area contributed by atoms with Crippen molar-refractivity contribution in [2.45, 2.75) is 38.4 Å². The lowest BCUT2D eigenvalue weighted by atomic mass is 10.1. The van der Waals surface area contributed by atoms with Gasteiger partial charge < -0.3 is 10.3 Å². The van der Waals surface area contributed by atoms with E-state index >= 15 is 0 Å².